The van der Waals surface area contributed by atoms with Crippen LogP contribution >= 0.6 is 23.4 Å². The monoisotopic (exact) mass is 391 g/mol. The van der Waals surface area contributed by atoms with E-state index < -0.39 is 0 Å². The predicted molar refractivity (Wildman–Crippen MR) is 97.7 cm³/mol. The van der Waals surface area contributed by atoms with Gasteiger partial charge in [0.15, 0.2) is 17.8 Å². The molecule has 0 radical (unpaired) electrons. The van der Waals surface area contributed by atoms with Gasteiger partial charge in [0.2, 0.25) is 0 Å². The number of ether oxygens (including phenoxy) is 2. The Labute approximate surface area is 159 Å². The molecule has 2 aromatic carbocycles. The van der Waals surface area contributed by atoms with Crippen LogP contribution in [0.5, 0.6) is 5.75 Å². The van der Waals surface area contributed by atoms with Gasteiger partial charge in [-0.25, -0.2) is 4.39 Å². The van der Waals surface area contributed by atoms with E-state index in [4.69, 9.17) is 21.1 Å². The fourth-order valence-corrected chi connectivity index (χ4v) is 3.97. The molecule has 0 saturated heterocycles. The van der Waals surface area contributed by atoms with Gasteiger partial charge in [-0.05, 0) is 24.3 Å². The maximum atomic E-state index is 14.0. The van der Waals surface area contributed by atoms with Crippen molar-refractivity contribution in [3.63, 3.8) is 0 Å². The van der Waals surface area contributed by atoms with Crippen LogP contribution < -0.4 is 4.74 Å². The van der Waals surface area contributed by atoms with Gasteiger partial charge in [-0.15, -0.1) is 10.2 Å². The van der Waals surface area contributed by atoms with Crippen LogP contribution in [-0.4, -0.2) is 21.6 Å². The van der Waals surface area contributed by atoms with E-state index in [1.165, 1.54) is 17.8 Å². The van der Waals surface area contributed by atoms with Gasteiger partial charge in [0.1, 0.15) is 11.6 Å². The number of halogens is 2. The SMILES string of the molecule is Cn1c(SCc2cc(Cl)cc3c2OCOC3)nnc1-c1ccccc1F. The van der Waals surface area contributed by atoms with E-state index in [9.17, 15) is 4.39 Å². The highest BCUT2D eigenvalue weighted by molar-refractivity contribution is 7.98. The number of rotatable bonds is 4. The number of fused-ring (bicyclic) bond motifs is 1. The highest BCUT2D eigenvalue weighted by atomic mass is 35.5. The van der Waals surface area contributed by atoms with Gasteiger partial charge in [0.05, 0.1) is 12.2 Å². The van der Waals surface area contributed by atoms with Crippen molar-refractivity contribution in [3.8, 4) is 17.1 Å². The Morgan fingerprint density at radius 3 is 2.96 bits per heavy atom. The molecule has 5 nitrogen and oxygen atoms in total. The molecule has 0 bridgehead atoms. The lowest BCUT2D eigenvalue weighted by atomic mass is 10.1. The first-order chi connectivity index (χ1) is 12.6. The summed E-state index contributed by atoms with van der Waals surface area (Å²) in [6, 6.07) is 10.3. The second-order valence-corrected chi connectivity index (χ2v) is 7.18. The maximum absolute atomic E-state index is 14.0. The number of thioether (sulfide) groups is 1. The normalized spacial score (nSPS) is 13.3. The third-order valence-corrected chi connectivity index (χ3v) is 5.35. The molecule has 134 valence electrons. The first-order valence-corrected chi connectivity index (χ1v) is 9.29. The van der Waals surface area contributed by atoms with Crippen LogP contribution in [0.15, 0.2) is 41.6 Å². The van der Waals surface area contributed by atoms with E-state index in [1.54, 1.807) is 22.8 Å². The number of hydrogen-bond acceptors (Lipinski definition) is 5. The third-order valence-electron chi connectivity index (χ3n) is 4.06. The zero-order valence-corrected chi connectivity index (χ0v) is 15.5. The molecule has 8 heteroatoms. The fraction of sp³-hybridized carbons (Fsp3) is 0.222. The molecule has 0 aliphatic carbocycles. The lowest BCUT2D eigenvalue weighted by molar-refractivity contribution is -0.0168. The molecule has 26 heavy (non-hydrogen) atoms. The summed E-state index contributed by atoms with van der Waals surface area (Å²) in [4.78, 5) is 0. The summed E-state index contributed by atoms with van der Waals surface area (Å²) < 4.78 is 26.7. The average Bonchev–Trinajstić information content (AvgIpc) is 3.00. The molecule has 0 fully saturated rings. The van der Waals surface area contributed by atoms with E-state index in [-0.39, 0.29) is 12.6 Å². The van der Waals surface area contributed by atoms with Crippen LogP contribution in [0.2, 0.25) is 5.02 Å². The second kappa shape index (κ2) is 7.26. The van der Waals surface area contributed by atoms with E-state index in [2.05, 4.69) is 10.2 Å². The molecule has 1 aliphatic rings. The highest BCUT2D eigenvalue weighted by Crippen LogP contribution is 2.35. The third kappa shape index (κ3) is 3.30. The molecule has 3 aromatic rings. The zero-order chi connectivity index (χ0) is 18.1. The van der Waals surface area contributed by atoms with Crippen LogP contribution in [0.1, 0.15) is 11.1 Å². The van der Waals surface area contributed by atoms with Gasteiger partial charge < -0.3 is 14.0 Å². The van der Waals surface area contributed by atoms with Crippen molar-refractivity contribution >= 4 is 23.4 Å². The molecule has 2 heterocycles. The summed E-state index contributed by atoms with van der Waals surface area (Å²) in [5.41, 5.74) is 2.33. The minimum absolute atomic E-state index is 0.230. The topological polar surface area (TPSA) is 49.2 Å². The van der Waals surface area contributed by atoms with Crippen molar-refractivity contribution < 1.29 is 13.9 Å². The number of hydrogen-bond donors (Lipinski definition) is 0. The summed E-state index contributed by atoms with van der Waals surface area (Å²) in [5.74, 6) is 1.58. The Balaban J connectivity index is 1.59. The lowest BCUT2D eigenvalue weighted by Crippen LogP contribution is -2.13. The van der Waals surface area contributed by atoms with Crippen LogP contribution in [0, 0.1) is 5.82 Å². The Morgan fingerprint density at radius 1 is 1.27 bits per heavy atom. The largest absolute Gasteiger partial charge is 0.467 e. The predicted octanol–water partition coefficient (Wildman–Crippen LogP) is 4.43. The molecule has 0 atom stereocenters. The van der Waals surface area contributed by atoms with Crippen molar-refractivity contribution in [1.29, 1.82) is 0 Å². The number of benzene rings is 2. The number of aromatic nitrogens is 3. The Bertz CT molecular complexity index is 964. The van der Waals surface area contributed by atoms with Gasteiger partial charge in [-0.2, -0.15) is 0 Å². The standard InChI is InChI=1S/C18H15ClFN3O2S/c1-23-17(14-4-2-3-5-15(14)20)21-22-18(23)26-9-12-7-13(19)6-11-8-24-10-25-16(11)12/h2-7H,8-10H2,1H3. The Morgan fingerprint density at radius 2 is 2.12 bits per heavy atom. The smallest absolute Gasteiger partial charge is 0.191 e. The molecule has 0 unspecified atom stereocenters. The molecule has 4 rings (SSSR count). The first-order valence-electron chi connectivity index (χ1n) is 7.92. The molecule has 0 spiro atoms. The fourth-order valence-electron chi connectivity index (χ4n) is 2.82. The second-order valence-electron chi connectivity index (χ2n) is 5.80. The molecule has 0 saturated carbocycles. The van der Waals surface area contributed by atoms with Crippen LogP contribution in [0.3, 0.4) is 0 Å². The van der Waals surface area contributed by atoms with Crippen molar-refractivity contribution in [1.82, 2.24) is 14.8 Å². The molecule has 1 aliphatic heterocycles. The van der Waals surface area contributed by atoms with Crippen molar-refractivity contribution in [2.75, 3.05) is 6.79 Å². The van der Waals surface area contributed by atoms with Gasteiger partial charge >= 0.3 is 0 Å². The van der Waals surface area contributed by atoms with Crippen LogP contribution in [0.4, 0.5) is 4.39 Å². The van der Waals surface area contributed by atoms with E-state index in [0.717, 1.165) is 16.9 Å². The summed E-state index contributed by atoms with van der Waals surface area (Å²) in [5, 5.41) is 9.65. The lowest BCUT2D eigenvalue weighted by Gasteiger charge is -2.20. The van der Waals surface area contributed by atoms with Gasteiger partial charge in [0.25, 0.3) is 0 Å². The van der Waals surface area contributed by atoms with Gasteiger partial charge in [0, 0.05) is 29.0 Å². The van der Waals surface area contributed by atoms with Crippen molar-refractivity contribution in [2.24, 2.45) is 7.05 Å². The van der Waals surface area contributed by atoms with E-state index in [0.29, 0.717) is 33.9 Å². The minimum Gasteiger partial charge on any atom is -0.467 e. The van der Waals surface area contributed by atoms with Crippen molar-refractivity contribution in [2.45, 2.75) is 17.5 Å². The maximum Gasteiger partial charge on any atom is 0.191 e. The highest BCUT2D eigenvalue weighted by Gasteiger charge is 2.19. The summed E-state index contributed by atoms with van der Waals surface area (Å²) in [6.07, 6.45) is 0. The first kappa shape index (κ1) is 17.3. The molecular formula is C18H15ClFN3O2S. The minimum atomic E-state index is -0.322. The summed E-state index contributed by atoms with van der Waals surface area (Å²) in [6.45, 7) is 0.711. The summed E-state index contributed by atoms with van der Waals surface area (Å²) >= 11 is 7.69. The quantitative estimate of drug-likeness (QED) is 0.615. The van der Waals surface area contributed by atoms with Crippen molar-refractivity contribution in [3.05, 3.63) is 58.4 Å². The van der Waals surface area contributed by atoms with Crippen LogP contribution in [0.25, 0.3) is 11.4 Å². The summed E-state index contributed by atoms with van der Waals surface area (Å²) in [7, 11) is 1.82. The van der Waals surface area contributed by atoms with Gasteiger partial charge in [-0.1, -0.05) is 35.5 Å². The van der Waals surface area contributed by atoms with Gasteiger partial charge in [-0.3, -0.25) is 0 Å². The van der Waals surface area contributed by atoms with Crippen LogP contribution in [-0.2, 0) is 24.1 Å². The average molecular weight is 392 g/mol. The Hall–Kier alpha value is -2.09. The molecule has 1 aromatic heterocycles. The molecular weight excluding hydrogens is 377 g/mol. The Kier molecular flexibility index (Phi) is 4.84. The molecule has 0 amide bonds. The van der Waals surface area contributed by atoms with E-state index >= 15 is 0 Å². The zero-order valence-electron chi connectivity index (χ0n) is 13.9. The number of nitrogens with zero attached hydrogens (tertiary/aromatic N) is 3. The van der Waals surface area contributed by atoms with E-state index in [1.807, 2.05) is 19.2 Å². The molecule has 0 N–H and O–H groups in total.